The summed E-state index contributed by atoms with van der Waals surface area (Å²) in [5.74, 6) is -1.60. The van der Waals surface area contributed by atoms with Gasteiger partial charge >= 0.3 is 5.91 Å². The number of halogens is 2. The van der Waals surface area contributed by atoms with E-state index in [9.17, 15) is 14.0 Å². The van der Waals surface area contributed by atoms with E-state index < -0.39 is 17.6 Å². The Bertz CT molecular complexity index is 684. The van der Waals surface area contributed by atoms with Crippen molar-refractivity contribution in [3.8, 4) is 0 Å². The number of carbonyl (C=O) groups is 2. The molecule has 0 aliphatic rings. The predicted octanol–water partition coefficient (Wildman–Crippen LogP) is 2.55. The maximum atomic E-state index is 13.0. The molecule has 21 heavy (non-hydrogen) atoms. The third kappa shape index (κ3) is 4.19. The highest BCUT2D eigenvalue weighted by molar-refractivity contribution is 6.30. The second-order valence-corrected chi connectivity index (χ2v) is 4.33. The van der Waals surface area contributed by atoms with Gasteiger partial charge in [-0.15, -0.1) is 0 Å². The van der Waals surface area contributed by atoms with Crippen LogP contribution in [0.15, 0.2) is 47.1 Å². The molecule has 0 spiro atoms. The molecule has 0 saturated carbocycles. The number of benzene rings is 1. The summed E-state index contributed by atoms with van der Waals surface area (Å²) < 4.78 is 17.8. The largest absolute Gasteiger partial charge is 0.459 e. The van der Waals surface area contributed by atoms with Crippen LogP contribution in [0.5, 0.6) is 0 Å². The maximum absolute atomic E-state index is 13.0. The van der Waals surface area contributed by atoms with Crippen molar-refractivity contribution in [1.29, 1.82) is 0 Å². The van der Waals surface area contributed by atoms with Crippen molar-refractivity contribution in [3.05, 3.63) is 64.8 Å². The molecule has 7 heteroatoms. The van der Waals surface area contributed by atoms with Crippen LogP contribution in [0, 0.1) is 5.82 Å². The van der Waals surface area contributed by atoms with E-state index in [2.05, 4.69) is 10.9 Å². The van der Waals surface area contributed by atoms with Gasteiger partial charge in [-0.05, 0) is 35.9 Å². The van der Waals surface area contributed by atoms with Gasteiger partial charge < -0.3 is 4.42 Å². The molecule has 0 bridgehead atoms. The van der Waals surface area contributed by atoms with Crippen molar-refractivity contribution in [2.24, 2.45) is 0 Å². The molecule has 0 unspecified atom stereocenters. The molecule has 2 rings (SSSR count). The topological polar surface area (TPSA) is 71.3 Å². The number of hydrazine groups is 1. The van der Waals surface area contributed by atoms with E-state index in [1.165, 1.54) is 42.7 Å². The maximum Gasteiger partial charge on any atom is 0.305 e. The summed E-state index contributed by atoms with van der Waals surface area (Å²) in [6.45, 7) is 0. The molecule has 2 N–H and O–H groups in total. The fourth-order valence-electron chi connectivity index (χ4n) is 1.42. The quantitative estimate of drug-likeness (QED) is 0.676. The Morgan fingerprint density at radius 2 is 2.05 bits per heavy atom. The summed E-state index contributed by atoms with van der Waals surface area (Å²) in [5, 5.41) is -0.0383. The highest BCUT2D eigenvalue weighted by Crippen LogP contribution is 2.16. The summed E-state index contributed by atoms with van der Waals surface area (Å²) in [5.41, 5.74) is 4.90. The number of nitrogens with one attached hydrogen (secondary N) is 2. The van der Waals surface area contributed by atoms with Gasteiger partial charge in [0.05, 0.1) is 11.3 Å². The van der Waals surface area contributed by atoms with Crippen molar-refractivity contribution in [1.82, 2.24) is 10.9 Å². The normalized spacial score (nSPS) is 10.6. The third-order valence-corrected chi connectivity index (χ3v) is 2.70. The van der Waals surface area contributed by atoms with Crippen LogP contribution in [0.2, 0.25) is 5.02 Å². The molecule has 0 atom stereocenters. The molecule has 1 heterocycles. The number of hydrogen-bond acceptors (Lipinski definition) is 3. The van der Waals surface area contributed by atoms with Gasteiger partial charge in [-0.25, -0.2) is 4.39 Å². The third-order valence-electron chi connectivity index (χ3n) is 2.42. The molecule has 5 nitrogen and oxygen atoms in total. The lowest BCUT2D eigenvalue weighted by molar-refractivity contribution is -0.117. The molecule has 1 aromatic heterocycles. The Hall–Kier alpha value is -2.60. The van der Waals surface area contributed by atoms with Gasteiger partial charge in [0.1, 0.15) is 5.82 Å². The van der Waals surface area contributed by atoms with E-state index >= 15 is 0 Å². The molecule has 0 fully saturated rings. The van der Waals surface area contributed by atoms with E-state index in [1.807, 2.05) is 0 Å². The lowest BCUT2D eigenvalue weighted by Crippen LogP contribution is -2.40. The van der Waals surface area contributed by atoms with Gasteiger partial charge in [0.15, 0.2) is 5.76 Å². The van der Waals surface area contributed by atoms with Crippen LogP contribution < -0.4 is 10.9 Å². The monoisotopic (exact) mass is 308 g/mol. The number of hydrogen-bond donors (Lipinski definition) is 2. The first-order chi connectivity index (χ1) is 10.1. The SMILES string of the molecule is O=C(/C=C/c1ccc(F)c(Cl)c1)NNC(=O)c1ccco1. The number of rotatable bonds is 3. The van der Waals surface area contributed by atoms with E-state index in [0.29, 0.717) is 5.56 Å². The lowest BCUT2D eigenvalue weighted by Gasteiger charge is -2.02. The minimum absolute atomic E-state index is 0.0383. The van der Waals surface area contributed by atoms with Gasteiger partial charge in [-0.2, -0.15) is 0 Å². The molecule has 2 aromatic rings. The average molecular weight is 309 g/mol. The highest BCUT2D eigenvalue weighted by Gasteiger charge is 2.08. The van der Waals surface area contributed by atoms with Crippen LogP contribution in [0.4, 0.5) is 4.39 Å². The molecule has 0 aliphatic heterocycles. The zero-order valence-electron chi connectivity index (χ0n) is 10.6. The second kappa shape index (κ2) is 6.71. The van der Waals surface area contributed by atoms with Crippen LogP contribution in [-0.4, -0.2) is 11.8 Å². The zero-order chi connectivity index (χ0) is 15.2. The Morgan fingerprint density at radius 3 is 2.71 bits per heavy atom. The van der Waals surface area contributed by atoms with Gasteiger partial charge in [0, 0.05) is 6.08 Å². The molecule has 0 aliphatic carbocycles. The molecule has 0 saturated heterocycles. The van der Waals surface area contributed by atoms with E-state index in [1.54, 1.807) is 6.07 Å². The first-order valence-corrected chi connectivity index (χ1v) is 6.21. The summed E-state index contributed by atoms with van der Waals surface area (Å²) in [7, 11) is 0. The molecule has 108 valence electrons. The Labute approximate surface area is 124 Å². The molecular weight excluding hydrogens is 299 g/mol. The van der Waals surface area contributed by atoms with E-state index in [0.717, 1.165) is 0 Å². The first-order valence-electron chi connectivity index (χ1n) is 5.83. The fraction of sp³-hybridized carbons (Fsp3) is 0. The highest BCUT2D eigenvalue weighted by atomic mass is 35.5. The molecule has 2 amide bonds. The summed E-state index contributed by atoms with van der Waals surface area (Å²) >= 11 is 5.61. The van der Waals surface area contributed by atoms with Crippen LogP contribution in [0.25, 0.3) is 6.08 Å². The van der Waals surface area contributed by atoms with Crippen LogP contribution in [0.3, 0.4) is 0 Å². The van der Waals surface area contributed by atoms with Crippen LogP contribution in [0.1, 0.15) is 16.1 Å². The smallest absolute Gasteiger partial charge is 0.305 e. The standard InChI is InChI=1S/C14H10ClFN2O3/c15-10-8-9(3-5-11(10)16)4-6-13(19)17-18-14(20)12-2-1-7-21-12/h1-8H,(H,17,19)(H,18,20)/b6-4+. The first kappa shape index (κ1) is 14.8. The molecular formula is C14H10ClFN2O3. The second-order valence-electron chi connectivity index (χ2n) is 3.93. The summed E-state index contributed by atoms with van der Waals surface area (Å²) in [6.07, 6.45) is 3.95. The molecule has 1 aromatic carbocycles. The summed E-state index contributed by atoms with van der Waals surface area (Å²) in [4.78, 5) is 23.0. The van der Waals surface area contributed by atoms with Gasteiger partial charge in [0.2, 0.25) is 0 Å². The zero-order valence-corrected chi connectivity index (χ0v) is 11.4. The Morgan fingerprint density at radius 1 is 1.24 bits per heavy atom. The van der Waals surface area contributed by atoms with Crippen molar-refractivity contribution >= 4 is 29.5 Å². The van der Waals surface area contributed by atoms with Crippen molar-refractivity contribution in [3.63, 3.8) is 0 Å². The van der Waals surface area contributed by atoms with E-state index in [-0.39, 0.29) is 10.8 Å². The van der Waals surface area contributed by atoms with Crippen molar-refractivity contribution < 1.29 is 18.4 Å². The summed E-state index contributed by atoms with van der Waals surface area (Å²) in [6, 6.07) is 7.04. The van der Waals surface area contributed by atoms with Crippen molar-refractivity contribution in [2.45, 2.75) is 0 Å². The number of amides is 2. The van der Waals surface area contributed by atoms with Gasteiger partial charge in [-0.3, -0.25) is 20.4 Å². The minimum atomic E-state index is -0.577. The Balaban J connectivity index is 1.88. The fourth-order valence-corrected chi connectivity index (χ4v) is 1.61. The lowest BCUT2D eigenvalue weighted by atomic mass is 10.2. The predicted molar refractivity (Wildman–Crippen MR) is 74.8 cm³/mol. The van der Waals surface area contributed by atoms with Crippen LogP contribution >= 0.6 is 11.6 Å². The number of furan rings is 1. The van der Waals surface area contributed by atoms with Gasteiger partial charge in [0.25, 0.3) is 5.91 Å². The van der Waals surface area contributed by atoms with Crippen LogP contribution in [-0.2, 0) is 4.79 Å². The van der Waals surface area contributed by atoms with E-state index in [4.69, 9.17) is 16.0 Å². The number of carbonyl (C=O) groups excluding carboxylic acids is 2. The minimum Gasteiger partial charge on any atom is -0.459 e. The van der Waals surface area contributed by atoms with Crippen molar-refractivity contribution in [2.75, 3.05) is 0 Å². The molecule has 0 radical (unpaired) electrons. The average Bonchev–Trinajstić information content (AvgIpc) is 3.00. The Kier molecular flexibility index (Phi) is 4.73. The van der Waals surface area contributed by atoms with Gasteiger partial charge in [-0.1, -0.05) is 17.7 Å².